The zero-order valence-electron chi connectivity index (χ0n) is 10.2. The third-order valence-corrected chi connectivity index (χ3v) is 3.83. The van der Waals surface area contributed by atoms with Crippen molar-refractivity contribution < 1.29 is 9.84 Å². The fraction of sp³-hybridized carbons (Fsp3) is 0.538. The topological polar surface area (TPSA) is 41.5 Å². The Morgan fingerprint density at radius 1 is 1.47 bits per heavy atom. The molecule has 0 spiro atoms. The monoisotopic (exact) mass is 255 g/mol. The number of hydrogen-bond donors (Lipinski definition) is 2. The van der Waals surface area contributed by atoms with Crippen molar-refractivity contribution in [1.29, 1.82) is 0 Å². The summed E-state index contributed by atoms with van der Waals surface area (Å²) in [5.41, 5.74) is 1.96. The number of ether oxygens (including phenoxy) is 1. The van der Waals surface area contributed by atoms with Crippen LogP contribution in [-0.4, -0.2) is 25.4 Å². The molecule has 2 N–H and O–H groups in total. The molecule has 94 valence electrons. The standard InChI is InChI=1S/C13H18ClNO2/c1-9-5-12(17-2)11(6-10(9)14)15-7-13(8-16)3-4-13/h5-6,15-16H,3-4,7-8H2,1-2H3. The van der Waals surface area contributed by atoms with Crippen LogP contribution in [0, 0.1) is 12.3 Å². The average molecular weight is 256 g/mol. The first kappa shape index (κ1) is 12.5. The number of benzene rings is 1. The molecule has 1 aromatic carbocycles. The smallest absolute Gasteiger partial charge is 0.142 e. The number of aryl methyl sites for hydroxylation is 1. The van der Waals surface area contributed by atoms with Crippen molar-refractivity contribution in [1.82, 2.24) is 0 Å². The van der Waals surface area contributed by atoms with Crippen LogP contribution in [0.25, 0.3) is 0 Å². The molecule has 0 atom stereocenters. The highest BCUT2D eigenvalue weighted by Gasteiger charge is 2.41. The lowest BCUT2D eigenvalue weighted by Gasteiger charge is -2.17. The molecule has 0 radical (unpaired) electrons. The third-order valence-electron chi connectivity index (χ3n) is 3.43. The summed E-state index contributed by atoms with van der Waals surface area (Å²) in [5, 5.41) is 13.3. The van der Waals surface area contributed by atoms with Gasteiger partial charge in [-0.2, -0.15) is 0 Å². The lowest BCUT2D eigenvalue weighted by Crippen LogP contribution is -2.19. The maximum Gasteiger partial charge on any atom is 0.142 e. The lowest BCUT2D eigenvalue weighted by molar-refractivity contribution is 0.219. The van der Waals surface area contributed by atoms with E-state index in [1.807, 2.05) is 19.1 Å². The van der Waals surface area contributed by atoms with Crippen molar-refractivity contribution in [2.45, 2.75) is 19.8 Å². The predicted molar refractivity (Wildman–Crippen MR) is 70.0 cm³/mol. The number of aliphatic hydroxyl groups is 1. The minimum Gasteiger partial charge on any atom is -0.495 e. The first-order chi connectivity index (χ1) is 8.10. The fourth-order valence-corrected chi connectivity index (χ4v) is 1.98. The minimum atomic E-state index is 0.0718. The molecule has 4 heteroatoms. The molecule has 1 aliphatic rings. The maximum absolute atomic E-state index is 9.26. The largest absolute Gasteiger partial charge is 0.495 e. The van der Waals surface area contributed by atoms with E-state index in [1.165, 1.54) is 0 Å². The fourth-order valence-electron chi connectivity index (χ4n) is 1.81. The van der Waals surface area contributed by atoms with Gasteiger partial charge in [0.2, 0.25) is 0 Å². The van der Waals surface area contributed by atoms with Crippen molar-refractivity contribution in [3.05, 3.63) is 22.7 Å². The second kappa shape index (κ2) is 4.75. The Morgan fingerprint density at radius 3 is 2.71 bits per heavy atom. The Balaban J connectivity index is 2.11. The van der Waals surface area contributed by atoms with Crippen LogP contribution in [-0.2, 0) is 0 Å². The zero-order valence-corrected chi connectivity index (χ0v) is 11.0. The molecule has 17 heavy (non-hydrogen) atoms. The van der Waals surface area contributed by atoms with Gasteiger partial charge in [-0.3, -0.25) is 0 Å². The Hall–Kier alpha value is -0.930. The molecule has 0 bridgehead atoms. The quantitative estimate of drug-likeness (QED) is 0.850. The molecular formula is C13H18ClNO2. The van der Waals surface area contributed by atoms with Crippen molar-refractivity contribution >= 4 is 17.3 Å². The minimum absolute atomic E-state index is 0.0718. The van der Waals surface area contributed by atoms with Crippen LogP contribution in [0.5, 0.6) is 5.75 Å². The Kier molecular flexibility index (Phi) is 3.50. The van der Waals surface area contributed by atoms with Gasteiger partial charge in [0.15, 0.2) is 0 Å². The Bertz CT molecular complexity index is 416. The Morgan fingerprint density at radius 2 is 2.18 bits per heavy atom. The summed E-state index contributed by atoms with van der Waals surface area (Å²) < 4.78 is 5.32. The summed E-state index contributed by atoms with van der Waals surface area (Å²) in [6.07, 6.45) is 2.16. The van der Waals surface area contributed by atoms with Gasteiger partial charge in [0.1, 0.15) is 5.75 Å². The van der Waals surface area contributed by atoms with E-state index in [0.717, 1.165) is 41.4 Å². The number of nitrogens with one attached hydrogen (secondary N) is 1. The summed E-state index contributed by atoms with van der Waals surface area (Å²) in [6.45, 7) is 2.95. The van der Waals surface area contributed by atoms with E-state index in [9.17, 15) is 5.11 Å². The molecular weight excluding hydrogens is 238 g/mol. The van der Waals surface area contributed by atoms with Gasteiger partial charge in [0.25, 0.3) is 0 Å². The van der Waals surface area contributed by atoms with Gasteiger partial charge in [-0.05, 0) is 37.5 Å². The van der Waals surface area contributed by atoms with Gasteiger partial charge in [-0.1, -0.05) is 11.6 Å². The van der Waals surface area contributed by atoms with Gasteiger partial charge in [0, 0.05) is 17.0 Å². The molecule has 2 rings (SSSR count). The highest BCUT2D eigenvalue weighted by Crippen LogP contribution is 2.45. The average Bonchev–Trinajstić information content (AvgIpc) is 3.11. The van der Waals surface area contributed by atoms with E-state index < -0.39 is 0 Å². The van der Waals surface area contributed by atoms with E-state index in [4.69, 9.17) is 16.3 Å². The van der Waals surface area contributed by atoms with Crippen LogP contribution < -0.4 is 10.1 Å². The van der Waals surface area contributed by atoms with E-state index in [0.29, 0.717) is 0 Å². The second-order valence-corrected chi connectivity index (χ2v) is 5.22. The number of hydrogen-bond acceptors (Lipinski definition) is 3. The van der Waals surface area contributed by atoms with Crippen molar-refractivity contribution in [2.24, 2.45) is 5.41 Å². The van der Waals surface area contributed by atoms with Gasteiger partial charge in [-0.25, -0.2) is 0 Å². The van der Waals surface area contributed by atoms with Crippen molar-refractivity contribution in [2.75, 3.05) is 25.6 Å². The first-order valence-corrected chi connectivity index (χ1v) is 6.17. The SMILES string of the molecule is COc1cc(C)c(Cl)cc1NCC1(CO)CC1. The number of halogens is 1. The zero-order chi connectivity index (χ0) is 12.5. The molecule has 0 amide bonds. The highest BCUT2D eigenvalue weighted by molar-refractivity contribution is 6.31. The first-order valence-electron chi connectivity index (χ1n) is 5.79. The number of rotatable bonds is 5. The summed E-state index contributed by atoms with van der Waals surface area (Å²) in [4.78, 5) is 0. The van der Waals surface area contributed by atoms with Gasteiger partial charge >= 0.3 is 0 Å². The summed E-state index contributed by atoms with van der Waals surface area (Å²) in [5.74, 6) is 0.792. The molecule has 1 aliphatic carbocycles. The number of aliphatic hydroxyl groups excluding tert-OH is 1. The number of anilines is 1. The van der Waals surface area contributed by atoms with Crippen LogP contribution in [0.1, 0.15) is 18.4 Å². The van der Waals surface area contributed by atoms with Gasteiger partial charge in [0.05, 0.1) is 19.4 Å². The molecule has 1 fully saturated rings. The van der Waals surface area contributed by atoms with Crippen LogP contribution in [0.4, 0.5) is 5.69 Å². The molecule has 0 aromatic heterocycles. The van der Waals surface area contributed by atoms with Crippen LogP contribution >= 0.6 is 11.6 Å². The van der Waals surface area contributed by atoms with E-state index in [2.05, 4.69) is 5.32 Å². The normalized spacial score (nSPS) is 16.7. The van der Waals surface area contributed by atoms with Crippen molar-refractivity contribution in [3.8, 4) is 5.75 Å². The van der Waals surface area contributed by atoms with Crippen LogP contribution in [0.3, 0.4) is 0 Å². The lowest BCUT2D eigenvalue weighted by atomic mass is 10.1. The second-order valence-electron chi connectivity index (χ2n) is 4.81. The molecule has 0 heterocycles. The molecule has 0 unspecified atom stereocenters. The third kappa shape index (κ3) is 2.67. The van der Waals surface area contributed by atoms with E-state index in [-0.39, 0.29) is 12.0 Å². The molecule has 1 saturated carbocycles. The highest BCUT2D eigenvalue weighted by atomic mass is 35.5. The Labute approximate surface area is 107 Å². The molecule has 1 aromatic rings. The van der Waals surface area contributed by atoms with Crippen LogP contribution in [0.15, 0.2) is 12.1 Å². The van der Waals surface area contributed by atoms with Gasteiger partial charge < -0.3 is 15.2 Å². The van der Waals surface area contributed by atoms with Crippen molar-refractivity contribution in [3.63, 3.8) is 0 Å². The predicted octanol–water partition coefficient (Wildman–Crippen LogP) is 2.84. The molecule has 0 saturated heterocycles. The molecule has 3 nitrogen and oxygen atoms in total. The van der Waals surface area contributed by atoms with Gasteiger partial charge in [-0.15, -0.1) is 0 Å². The van der Waals surface area contributed by atoms with Crippen LogP contribution in [0.2, 0.25) is 5.02 Å². The van der Waals surface area contributed by atoms with E-state index in [1.54, 1.807) is 7.11 Å². The molecule has 0 aliphatic heterocycles. The summed E-state index contributed by atoms with van der Waals surface area (Å²) in [6, 6.07) is 3.80. The maximum atomic E-state index is 9.26. The number of methoxy groups -OCH3 is 1. The van der Waals surface area contributed by atoms with E-state index >= 15 is 0 Å². The summed E-state index contributed by atoms with van der Waals surface area (Å²) >= 11 is 6.10. The summed E-state index contributed by atoms with van der Waals surface area (Å²) in [7, 11) is 1.65.